The summed E-state index contributed by atoms with van der Waals surface area (Å²) in [5.74, 6) is 1.77. The van der Waals surface area contributed by atoms with Crippen molar-refractivity contribution in [2.45, 2.75) is 65.5 Å². The van der Waals surface area contributed by atoms with Gasteiger partial charge in [-0.05, 0) is 57.9 Å². The Morgan fingerprint density at radius 1 is 1.13 bits per heavy atom. The van der Waals surface area contributed by atoms with Crippen LogP contribution < -0.4 is 9.64 Å². The maximum atomic E-state index is 12.4. The van der Waals surface area contributed by atoms with Crippen molar-refractivity contribution in [3.8, 4) is 5.75 Å². The first kappa shape index (κ1) is 23.3. The highest BCUT2D eigenvalue weighted by Gasteiger charge is 2.35. The summed E-state index contributed by atoms with van der Waals surface area (Å²) in [6.07, 6.45) is 8.07. The number of benzene rings is 1. The molecule has 4 rings (SSSR count). The van der Waals surface area contributed by atoms with Crippen molar-refractivity contribution in [1.29, 1.82) is 0 Å². The molecular weight excluding hydrogens is 412 g/mol. The zero-order chi connectivity index (χ0) is 22.6. The summed E-state index contributed by atoms with van der Waals surface area (Å²) in [7, 11) is 0. The highest BCUT2D eigenvalue weighted by molar-refractivity contribution is 6.31. The Hall–Kier alpha value is -2.40. The highest BCUT2D eigenvalue weighted by Crippen LogP contribution is 2.42. The van der Waals surface area contributed by atoms with Crippen LogP contribution in [0.15, 0.2) is 59.0 Å². The van der Waals surface area contributed by atoms with Crippen molar-refractivity contribution in [2.75, 3.05) is 18.0 Å². The fourth-order valence-electron chi connectivity index (χ4n) is 3.95. The second kappa shape index (κ2) is 9.82. The Kier molecular flexibility index (Phi) is 7.37. The number of hydrogen-bond acceptors (Lipinski definition) is 4. The van der Waals surface area contributed by atoms with Crippen LogP contribution in [0, 0.1) is 0 Å². The molecule has 0 unspecified atom stereocenters. The van der Waals surface area contributed by atoms with E-state index in [0.717, 1.165) is 35.7 Å². The lowest BCUT2D eigenvalue weighted by Crippen LogP contribution is -2.48. The third-order valence-corrected chi connectivity index (χ3v) is 5.55. The van der Waals surface area contributed by atoms with E-state index in [0.29, 0.717) is 24.5 Å². The molecule has 2 heterocycles. The molecule has 0 saturated carbocycles. The van der Waals surface area contributed by atoms with E-state index in [1.807, 2.05) is 75.9 Å². The van der Waals surface area contributed by atoms with Crippen molar-refractivity contribution in [1.82, 2.24) is 4.90 Å². The van der Waals surface area contributed by atoms with E-state index in [-0.39, 0.29) is 12.1 Å². The molecule has 168 valence electrons. The van der Waals surface area contributed by atoms with E-state index < -0.39 is 5.60 Å². The number of allylic oxidation sites excluding steroid dienone is 4. The number of nitrogens with zero attached hydrogens (tertiary/aromatic N) is 2. The molecule has 1 aliphatic carbocycles. The van der Waals surface area contributed by atoms with Crippen molar-refractivity contribution >= 4 is 23.4 Å². The third-order valence-electron chi connectivity index (χ3n) is 5.27. The third kappa shape index (κ3) is 5.45. The monoisotopic (exact) mass is 444 g/mol. The van der Waals surface area contributed by atoms with E-state index >= 15 is 0 Å². The van der Waals surface area contributed by atoms with Crippen molar-refractivity contribution < 1.29 is 14.3 Å². The first-order valence-electron chi connectivity index (χ1n) is 11.1. The molecule has 1 aromatic carbocycles. The molecule has 0 atom stereocenters. The number of fused-ring (bicyclic) bond motifs is 1. The topological polar surface area (TPSA) is 42.0 Å². The van der Waals surface area contributed by atoms with Gasteiger partial charge in [-0.2, -0.15) is 0 Å². The van der Waals surface area contributed by atoms with Crippen LogP contribution in [0.25, 0.3) is 0 Å². The fraction of sp³-hybridized carbons (Fsp3) is 0.480. The molecule has 1 fully saturated rings. The molecule has 6 heteroatoms. The normalized spacial score (nSPS) is 18.7. The molecule has 0 spiro atoms. The predicted molar refractivity (Wildman–Crippen MR) is 126 cm³/mol. The van der Waals surface area contributed by atoms with Gasteiger partial charge in [0.05, 0.1) is 11.4 Å². The summed E-state index contributed by atoms with van der Waals surface area (Å²) in [5.41, 5.74) is 1.63. The zero-order valence-corrected chi connectivity index (χ0v) is 19.9. The first-order chi connectivity index (χ1) is 14.8. The van der Waals surface area contributed by atoms with Crippen LogP contribution in [0.3, 0.4) is 0 Å². The van der Waals surface area contributed by atoms with Crippen LogP contribution in [0.2, 0.25) is 0 Å². The van der Waals surface area contributed by atoms with Gasteiger partial charge >= 0.3 is 6.09 Å². The van der Waals surface area contributed by atoms with Gasteiger partial charge in [0.2, 0.25) is 0 Å². The lowest BCUT2D eigenvalue weighted by Gasteiger charge is -2.43. The molecule has 0 aromatic heterocycles. The number of piperidine rings is 1. The minimum absolute atomic E-state index is 0.233. The van der Waals surface area contributed by atoms with E-state index in [2.05, 4.69) is 11.0 Å². The molecule has 0 radical (unpaired) electrons. The van der Waals surface area contributed by atoms with Gasteiger partial charge in [0, 0.05) is 30.6 Å². The SMILES string of the molecule is CC.CC(C)(C)OC(=O)N1CCC(N2C3=C(CC=C(Cl)C=C3)Oc3ccccc32)CC1. The molecule has 0 bridgehead atoms. The number of para-hydroxylation sites is 2. The van der Waals surface area contributed by atoms with Crippen LogP contribution in [-0.2, 0) is 4.74 Å². The summed E-state index contributed by atoms with van der Waals surface area (Å²) < 4.78 is 11.7. The molecule has 1 aromatic rings. The second-order valence-electron chi connectivity index (χ2n) is 8.57. The summed E-state index contributed by atoms with van der Waals surface area (Å²) in [4.78, 5) is 16.6. The molecule has 31 heavy (non-hydrogen) atoms. The fourth-order valence-corrected chi connectivity index (χ4v) is 4.09. The van der Waals surface area contributed by atoms with E-state index in [1.165, 1.54) is 0 Å². The Balaban J connectivity index is 0.00000132. The number of anilines is 1. The number of halogens is 1. The van der Waals surface area contributed by atoms with Crippen LogP contribution in [0.1, 0.15) is 53.9 Å². The van der Waals surface area contributed by atoms with Crippen LogP contribution in [0.5, 0.6) is 5.75 Å². The maximum Gasteiger partial charge on any atom is 0.410 e. The van der Waals surface area contributed by atoms with Gasteiger partial charge in [-0.1, -0.05) is 43.7 Å². The molecule has 5 nitrogen and oxygen atoms in total. The average Bonchev–Trinajstić information content (AvgIpc) is 2.94. The summed E-state index contributed by atoms with van der Waals surface area (Å²) in [6.45, 7) is 11.0. The van der Waals surface area contributed by atoms with Gasteiger partial charge in [-0.3, -0.25) is 0 Å². The van der Waals surface area contributed by atoms with Gasteiger partial charge < -0.3 is 19.3 Å². The van der Waals surface area contributed by atoms with Gasteiger partial charge in [-0.15, -0.1) is 0 Å². The van der Waals surface area contributed by atoms with Crippen molar-refractivity contribution in [2.24, 2.45) is 0 Å². The minimum atomic E-state index is -0.478. The number of hydrogen-bond donors (Lipinski definition) is 0. The number of amides is 1. The Labute approximate surface area is 190 Å². The molecule has 2 aliphatic heterocycles. The van der Waals surface area contributed by atoms with Crippen LogP contribution >= 0.6 is 11.6 Å². The van der Waals surface area contributed by atoms with Gasteiger partial charge in [0.1, 0.15) is 11.4 Å². The lowest BCUT2D eigenvalue weighted by molar-refractivity contribution is 0.0205. The molecule has 3 aliphatic rings. The smallest absolute Gasteiger partial charge is 0.410 e. The minimum Gasteiger partial charge on any atom is -0.457 e. The second-order valence-corrected chi connectivity index (χ2v) is 9.01. The molecule has 1 amide bonds. The van der Waals surface area contributed by atoms with E-state index in [1.54, 1.807) is 0 Å². The molecular formula is C25H33ClN2O3. The highest BCUT2D eigenvalue weighted by atomic mass is 35.5. The molecule has 1 saturated heterocycles. The standard InChI is InChI=1S/C23H27ClN2O3.C2H6/c1-23(2,3)29-22(27)25-14-12-17(13-15-25)26-18-6-4-5-7-20(18)28-21-11-9-16(24)8-10-19(21)26;1-2/h4-10,17H,11-15H2,1-3H3;1-2H3. The van der Waals surface area contributed by atoms with Gasteiger partial charge in [0.25, 0.3) is 0 Å². The number of carbonyl (C=O) groups excluding carboxylic acids is 1. The quantitative estimate of drug-likeness (QED) is 0.489. The van der Waals surface area contributed by atoms with Crippen molar-refractivity contribution in [3.05, 3.63) is 59.0 Å². The zero-order valence-electron chi connectivity index (χ0n) is 19.2. The van der Waals surface area contributed by atoms with E-state index in [4.69, 9.17) is 21.1 Å². The maximum absolute atomic E-state index is 12.4. The Bertz CT molecular complexity index is 890. The number of carbonyl (C=O) groups is 1. The van der Waals surface area contributed by atoms with Crippen LogP contribution in [-0.4, -0.2) is 35.7 Å². The number of ether oxygens (including phenoxy) is 2. The largest absolute Gasteiger partial charge is 0.457 e. The summed E-state index contributed by atoms with van der Waals surface area (Å²) in [5, 5.41) is 0.715. The lowest BCUT2D eigenvalue weighted by atomic mass is 10.00. The van der Waals surface area contributed by atoms with Gasteiger partial charge in [0.15, 0.2) is 5.75 Å². The van der Waals surface area contributed by atoms with Crippen molar-refractivity contribution in [3.63, 3.8) is 0 Å². The Morgan fingerprint density at radius 3 is 2.48 bits per heavy atom. The van der Waals surface area contributed by atoms with Crippen LogP contribution in [0.4, 0.5) is 10.5 Å². The van der Waals surface area contributed by atoms with Gasteiger partial charge in [-0.25, -0.2) is 4.79 Å². The Morgan fingerprint density at radius 2 is 1.81 bits per heavy atom. The summed E-state index contributed by atoms with van der Waals surface area (Å²) in [6, 6.07) is 8.38. The first-order valence-corrected chi connectivity index (χ1v) is 11.5. The number of rotatable bonds is 1. The van der Waals surface area contributed by atoms with E-state index in [9.17, 15) is 4.79 Å². The summed E-state index contributed by atoms with van der Waals surface area (Å²) >= 11 is 6.25. The number of likely N-dealkylation sites (tertiary alicyclic amines) is 1. The predicted octanol–water partition coefficient (Wildman–Crippen LogP) is 6.61. The molecule has 0 N–H and O–H groups in total. The average molecular weight is 445 g/mol.